The van der Waals surface area contributed by atoms with Crippen LogP contribution in [0.3, 0.4) is 0 Å². The Kier molecular flexibility index (Phi) is 10.4. The van der Waals surface area contributed by atoms with Gasteiger partial charge in [-0.05, 0) is 72.7 Å². The maximum Gasteiger partial charge on any atom is 0.222 e. The summed E-state index contributed by atoms with van der Waals surface area (Å²) in [5.74, 6) is 1.46. The van der Waals surface area contributed by atoms with Gasteiger partial charge in [0.2, 0.25) is 5.95 Å². The van der Waals surface area contributed by atoms with Crippen molar-refractivity contribution in [3.63, 3.8) is 0 Å². The van der Waals surface area contributed by atoms with Gasteiger partial charge in [-0.3, -0.25) is 0 Å². The monoisotopic (exact) mass is 607 g/mol. The van der Waals surface area contributed by atoms with Gasteiger partial charge in [-0.1, -0.05) is 62.4 Å². The van der Waals surface area contributed by atoms with Crippen LogP contribution in [0.5, 0.6) is 17.2 Å². The molecule has 0 saturated heterocycles. The highest BCUT2D eigenvalue weighted by atomic mass is 19.1. The van der Waals surface area contributed by atoms with Crippen LogP contribution in [0.25, 0.3) is 22.4 Å². The Morgan fingerprint density at radius 1 is 0.800 bits per heavy atom. The van der Waals surface area contributed by atoms with Crippen LogP contribution in [0.2, 0.25) is 0 Å². The van der Waals surface area contributed by atoms with Crippen LogP contribution >= 0.6 is 0 Å². The number of likely N-dealkylation sites (N-methyl/N-ethyl adjacent to an activating group) is 1. The van der Waals surface area contributed by atoms with Gasteiger partial charge in [0, 0.05) is 12.1 Å². The maximum absolute atomic E-state index is 15.6. The zero-order chi connectivity index (χ0) is 31.6. The van der Waals surface area contributed by atoms with Gasteiger partial charge in [-0.25, -0.2) is 9.37 Å². The molecular weight excluding hydrogens is 569 g/mol. The molecule has 4 aromatic carbocycles. The predicted molar refractivity (Wildman–Crippen MR) is 178 cm³/mol. The number of aromatic nitrogens is 2. The largest absolute Gasteiger partial charge is 0.495 e. The first-order chi connectivity index (χ1) is 22.0. The Bertz CT molecular complexity index is 1700. The molecule has 1 heterocycles. The number of para-hydroxylation sites is 2. The summed E-state index contributed by atoms with van der Waals surface area (Å²) in [4.78, 5) is 11.5. The number of methoxy groups -OCH3 is 1. The molecule has 9 heteroatoms. The fourth-order valence-corrected chi connectivity index (χ4v) is 4.98. The molecule has 0 radical (unpaired) electrons. The van der Waals surface area contributed by atoms with Gasteiger partial charge in [0.25, 0.3) is 0 Å². The van der Waals surface area contributed by atoms with E-state index in [0.29, 0.717) is 40.7 Å². The first kappa shape index (κ1) is 31.3. The molecule has 0 spiro atoms. The number of hydrogen-bond acceptors (Lipinski definition) is 8. The highest BCUT2D eigenvalue weighted by Gasteiger charge is 2.20. The summed E-state index contributed by atoms with van der Waals surface area (Å²) in [7, 11) is 1.59. The van der Waals surface area contributed by atoms with E-state index in [1.165, 1.54) is 6.07 Å². The Balaban J connectivity index is 1.51. The van der Waals surface area contributed by atoms with Crippen molar-refractivity contribution >= 4 is 17.5 Å². The van der Waals surface area contributed by atoms with Crippen LogP contribution in [-0.4, -0.2) is 48.2 Å². The molecular formula is C36H38FN5O3. The topological polar surface area (TPSA) is 94.8 Å². The normalized spacial score (nSPS) is 11.0. The zero-order valence-corrected chi connectivity index (χ0v) is 25.8. The van der Waals surface area contributed by atoms with Crippen LogP contribution < -0.4 is 25.3 Å². The number of nitrogens with two attached hydrogens (primary N) is 1. The molecule has 0 amide bonds. The average Bonchev–Trinajstić information content (AvgIpc) is 3.07. The van der Waals surface area contributed by atoms with E-state index in [9.17, 15) is 0 Å². The first-order valence-electron chi connectivity index (χ1n) is 15.0. The van der Waals surface area contributed by atoms with Gasteiger partial charge in [0.15, 0.2) is 11.6 Å². The van der Waals surface area contributed by atoms with Gasteiger partial charge in [0.05, 0.1) is 24.1 Å². The number of nitrogens with one attached hydrogen (secondary N) is 1. The molecule has 45 heavy (non-hydrogen) atoms. The number of halogens is 1. The summed E-state index contributed by atoms with van der Waals surface area (Å²) in [5, 5.41) is 3.34. The molecule has 0 atom stereocenters. The summed E-state index contributed by atoms with van der Waals surface area (Å²) in [6, 6.07) is 29.6. The number of nitrogens with zero attached hydrogens (tertiary/aromatic N) is 3. The number of nitrogen functional groups attached to an aromatic ring is 1. The van der Waals surface area contributed by atoms with Crippen LogP contribution in [-0.2, 0) is 6.61 Å². The van der Waals surface area contributed by atoms with Crippen molar-refractivity contribution in [3.05, 3.63) is 108 Å². The Hall–Kier alpha value is -5.15. The number of ether oxygens (including phenoxy) is 3. The zero-order valence-electron chi connectivity index (χ0n) is 25.8. The lowest BCUT2D eigenvalue weighted by atomic mass is 9.99. The van der Waals surface area contributed by atoms with Crippen LogP contribution in [0, 0.1) is 5.82 Å². The lowest BCUT2D eigenvalue weighted by Crippen LogP contribution is -2.27. The minimum absolute atomic E-state index is 0.0639. The fourth-order valence-electron chi connectivity index (χ4n) is 4.98. The average molecular weight is 608 g/mol. The molecule has 0 aliphatic rings. The van der Waals surface area contributed by atoms with Crippen LogP contribution in [0.15, 0.2) is 97.1 Å². The van der Waals surface area contributed by atoms with Gasteiger partial charge in [-0.15, -0.1) is 0 Å². The third-order valence-electron chi connectivity index (χ3n) is 7.44. The minimum Gasteiger partial charge on any atom is -0.495 e. The smallest absolute Gasteiger partial charge is 0.222 e. The second-order valence-electron chi connectivity index (χ2n) is 10.3. The fraction of sp³-hybridized carbons (Fsp3) is 0.222. The molecule has 5 rings (SSSR count). The van der Waals surface area contributed by atoms with Gasteiger partial charge < -0.3 is 30.2 Å². The Morgan fingerprint density at radius 3 is 2.22 bits per heavy atom. The van der Waals surface area contributed by atoms with E-state index in [1.807, 2.05) is 78.9 Å². The molecule has 5 aromatic rings. The van der Waals surface area contributed by atoms with Gasteiger partial charge in [0.1, 0.15) is 30.5 Å². The third kappa shape index (κ3) is 7.87. The van der Waals surface area contributed by atoms with Crippen LogP contribution in [0.4, 0.5) is 21.8 Å². The second kappa shape index (κ2) is 15.0. The lowest BCUT2D eigenvalue weighted by Gasteiger charge is -2.19. The number of rotatable bonds is 14. The standard InChI is InChI=1S/C36H38FN5O3/c1-4-42(5-2)21-22-44-28-18-15-26(16-19-28)34-33(35(41-36(38)40-34)39-30-13-9-10-14-32(30)43-3)27-17-20-31(29(37)23-27)45-24-25-11-7-6-8-12-25/h6-20,23H,4-5,21-22,24H2,1-3H3,(H3,38,39,40,41). The Morgan fingerprint density at radius 2 is 1.51 bits per heavy atom. The molecule has 8 nitrogen and oxygen atoms in total. The molecule has 1 aromatic heterocycles. The molecule has 0 fully saturated rings. The summed E-state index contributed by atoms with van der Waals surface area (Å²) in [6.07, 6.45) is 0. The minimum atomic E-state index is -0.508. The molecule has 3 N–H and O–H groups in total. The molecule has 0 unspecified atom stereocenters. The van der Waals surface area contributed by atoms with Crippen molar-refractivity contribution in [2.24, 2.45) is 0 Å². The number of hydrogen-bond donors (Lipinski definition) is 2. The maximum atomic E-state index is 15.6. The highest BCUT2D eigenvalue weighted by Crippen LogP contribution is 2.40. The van der Waals surface area contributed by atoms with E-state index in [4.69, 9.17) is 19.9 Å². The SMILES string of the molecule is CCN(CC)CCOc1ccc(-c2nc(N)nc(Nc3ccccc3OC)c2-c2ccc(OCc3ccccc3)c(F)c2)cc1. The van der Waals surface area contributed by atoms with Crippen molar-refractivity contribution in [1.82, 2.24) is 14.9 Å². The van der Waals surface area contributed by atoms with Crippen molar-refractivity contribution in [2.75, 3.05) is 44.4 Å². The van der Waals surface area contributed by atoms with Crippen LogP contribution in [0.1, 0.15) is 19.4 Å². The van der Waals surface area contributed by atoms with Crippen molar-refractivity contribution < 1.29 is 18.6 Å². The van der Waals surface area contributed by atoms with E-state index in [2.05, 4.69) is 34.0 Å². The van der Waals surface area contributed by atoms with E-state index in [0.717, 1.165) is 36.5 Å². The summed E-state index contributed by atoms with van der Waals surface area (Å²) in [6.45, 7) is 7.89. The Labute approximate surface area is 263 Å². The lowest BCUT2D eigenvalue weighted by molar-refractivity contribution is 0.223. The number of benzene rings is 4. The number of anilines is 3. The first-order valence-corrected chi connectivity index (χ1v) is 15.0. The molecule has 0 bridgehead atoms. The van der Waals surface area contributed by atoms with Crippen molar-refractivity contribution in [2.45, 2.75) is 20.5 Å². The summed E-state index contributed by atoms with van der Waals surface area (Å²) < 4.78 is 32.9. The third-order valence-corrected chi connectivity index (χ3v) is 7.44. The quantitative estimate of drug-likeness (QED) is 0.133. The van der Waals surface area contributed by atoms with Gasteiger partial charge in [-0.2, -0.15) is 4.98 Å². The molecule has 0 saturated carbocycles. The second-order valence-corrected chi connectivity index (χ2v) is 10.3. The van der Waals surface area contributed by atoms with E-state index in [1.54, 1.807) is 19.2 Å². The van der Waals surface area contributed by atoms with Crippen molar-refractivity contribution in [1.29, 1.82) is 0 Å². The summed E-state index contributed by atoms with van der Waals surface area (Å²) >= 11 is 0. The van der Waals surface area contributed by atoms with E-state index < -0.39 is 5.82 Å². The molecule has 0 aliphatic heterocycles. The molecule has 232 valence electrons. The highest BCUT2D eigenvalue weighted by molar-refractivity contribution is 5.91. The van der Waals surface area contributed by atoms with E-state index in [-0.39, 0.29) is 18.3 Å². The predicted octanol–water partition coefficient (Wildman–Crippen LogP) is 7.58. The van der Waals surface area contributed by atoms with Gasteiger partial charge >= 0.3 is 0 Å². The van der Waals surface area contributed by atoms with E-state index >= 15 is 4.39 Å². The molecule has 0 aliphatic carbocycles. The van der Waals surface area contributed by atoms with Crippen molar-refractivity contribution in [3.8, 4) is 39.6 Å². The summed E-state index contributed by atoms with van der Waals surface area (Å²) in [5.41, 5.74) is 10.3.